The van der Waals surface area contributed by atoms with Crippen molar-refractivity contribution in [2.75, 3.05) is 41.0 Å². The fraction of sp³-hybridized carbons (Fsp3) is 0.611. The number of carboxylic acid groups (broad SMARTS) is 1. The quantitative estimate of drug-likeness (QED) is 0.0283. The molecule has 62 heavy (non-hydrogen) atoms. The second kappa shape index (κ2) is 43.6. The van der Waals surface area contributed by atoms with Crippen LogP contribution in [0.4, 0.5) is 0 Å². The second-order valence-corrected chi connectivity index (χ2v) is 16.6. The van der Waals surface area contributed by atoms with Crippen molar-refractivity contribution in [3.63, 3.8) is 0 Å². The Labute approximate surface area is 378 Å². The number of aliphatic carboxylic acids is 1. The minimum atomic E-state index is -0.891. The van der Waals surface area contributed by atoms with E-state index < -0.39 is 18.1 Å². The van der Waals surface area contributed by atoms with Gasteiger partial charge in [-0.15, -0.1) is 0 Å². The fourth-order valence-electron chi connectivity index (χ4n) is 6.23. The molecule has 0 aromatic rings. The zero-order valence-corrected chi connectivity index (χ0v) is 39.8. The van der Waals surface area contributed by atoms with Gasteiger partial charge in [-0.05, 0) is 96.3 Å². The number of ether oxygens (including phenoxy) is 3. The highest BCUT2D eigenvalue weighted by atomic mass is 16.6. The lowest BCUT2D eigenvalue weighted by Crippen LogP contribution is -2.50. The van der Waals surface area contributed by atoms with Crippen LogP contribution in [0.5, 0.6) is 0 Å². The summed E-state index contributed by atoms with van der Waals surface area (Å²) < 4.78 is 17.2. The number of hydrogen-bond acceptors (Lipinski definition) is 6. The lowest BCUT2D eigenvalue weighted by Gasteiger charge is -2.31. The molecule has 0 amide bonds. The average Bonchev–Trinajstić information content (AvgIpc) is 3.23. The molecule has 0 fully saturated rings. The number of hydrogen-bond donors (Lipinski definition) is 1. The predicted octanol–water partition coefficient (Wildman–Crippen LogP) is 13.6. The maximum Gasteiger partial charge on any atom is 0.362 e. The SMILES string of the molecule is CC/C=C/C/C=C/C/C=C/C/C=C/C/C=C/CCCC(=O)OCC(COCCC(C(=O)O)[N+](C)(C)C)OC(=O)CCCCCCC/C=C/C/C=C/C/C=C/C/C=C/CCCCC. The number of carbonyl (C=O) groups is 3. The molecule has 2 unspecified atom stereocenters. The van der Waals surface area contributed by atoms with Crippen molar-refractivity contribution < 1.29 is 38.2 Å². The summed E-state index contributed by atoms with van der Waals surface area (Å²) in [5.74, 6) is -1.58. The highest BCUT2D eigenvalue weighted by Crippen LogP contribution is 2.12. The standard InChI is InChI=1S/C54H87NO7/c1-6-8-10-12-14-16-18-20-22-24-25-26-27-29-31-33-35-37-39-41-43-45-53(57)62-50(48-60-47-46-51(54(58)59)55(3,4)5)49-61-52(56)44-42-40-38-36-34-32-30-28-23-21-19-17-15-13-11-9-7-2/h9,11,14-17,20-23,25-26,29-32,36,38,50-51H,6-8,10,12-13,18-19,24,27-28,33-35,37,39-49H2,1-5H3/p+1/b11-9+,16-14+,17-15+,22-20+,23-21+,26-25+,31-29+,32-30+,38-36+. The predicted molar refractivity (Wildman–Crippen MR) is 261 cm³/mol. The third-order valence-electron chi connectivity index (χ3n) is 9.91. The van der Waals surface area contributed by atoms with E-state index in [9.17, 15) is 19.5 Å². The molecule has 0 aliphatic rings. The smallest absolute Gasteiger partial charge is 0.362 e. The van der Waals surface area contributed by atoms with Gasteiger partial charge in [0.25, 0.3) is 0 Å². The number of unbranched alkanes of at least 4 members (excludes halogenated alkanes) is 9. The molecule has 0 saturated heterocycles. The largest absolute Gasteiger partial charge is 0.477 e. The third-order valence-corrected chi connectivity index (χ3v) is 9.91. The maximum absolute atomic E-state index is 12.8. The van der Waals surface area contributed by atoms with E-state index in [1.807, 2.05) is 21.1 Å². The number of carboxylic acids is 1. The van der Waals surface area contributed by atoms with Crippen molar-refractivity contribution in [1.82, 2.24) is 0 Å². The molecular weight excluding hydrogens is 775 g/mol. The van der Waals surface area contributed by atoms with E-state index in [4.69, 9.17) is 14.2 Å². The highest BCUT2D eigenvalue weighted by molar-refractivity contribution is 5.72. The molecule has 0 aliphatic carbocycles. The molecule has 0 rings (SSSR count). The van der Waals surface area contributed by atoms with E-state index in [0.29, 0.717) is 12.8 Å². The van der Waals surface area contributed by atoms with Gasteiger partial charge in [-0.1, -0.05) is 155 Å². The molecule has 2 atom stereocenters. The first-order chi connectivity index (χ1) is 30.1. The first-order valence-corrected chi connectivity index (χ1v) is 23.9. The van der Waals surface area contributed by atoms with Crippen molar-refractivity contribution in [3.8, 4) is 0 Å². The van der Waals surface area contributed by atoms with Gasteiger partial charge < -0.3 is 23.8 Å². The van der Waals surface area contributed by atoms with Crippen LogP contribution in [-0.2, 0) is 28.6 Å². The Kier molecular flexibility index (Phi) is 40.8. The fourth-order valence-corrected chi connectivity index (χ4v) is 6.23. The van der Waals surface area contributed by atoms with Gasteiger partial charge >= 0.3 is 17.9 Å². The third kappa shape index (κ3) is 41.3. The van der Waals surface area contributed by atoms with Crippen LogP contribution in [0.3, 0.4) is 0 Å². The first kappa shape index (κ1) is 58.0. The molecule has 8 heteroatoms. The lowest BCUT2D eigenvalue weighted by atomic mass is 10.1. The molecule has 0 aliphatic heterocycles. The summed E-state index contributed by atoms with van der Waals surface area (Å²) in [6.45, 7) is 4.49. The Morgan fingerprint density at radius 3 is 1.39 bits per heavy atom. The topological polar surface area (TPSA) is 99.1 Å². The Balaban J connectivity index is 4.45. The molecule has 8 nitrogen and oxygen atoms in total. The zero-order valence-electron chi connectivity index (χ0n) is 39.8. The summed E-state index contributed by atoms with van der Waals surface area (Å²) in [4.78, 5) is 37.1. The number of nitrogens with zero attached hydrogens (tertiary/aromatic N) is 1. The van der Waals surface area contributed by atoms with Gasteiger partial charge in [-0.3, -0.25) is 9.59 Å². The van der Waals surface area contributed by atoms with Gasteiger partial charge in [0.2, 0.25) is 0 Å². The van der Waals surface area contributed by atoms with E-state index in [-0.39, 0.29) is 49.1 Å². The van der Waals surface area contributed by atoms with Crippen LogP contribution in [-0.4, -0.2) is 80.6 Å². The van der Waals surface area contributed by atoms with Gasteiger partial charge in [0.15, 0.2) is 12.1 Å². The van der Waals surface area contributed by atoms with Gasteiger partial charge in [-0.25, -0.2) is 4.79 Å². The molecule has 350 valence electrons. The van der Waals surface area contributed by atoms with Crippen LogP contribution in [0.1, 0.15) is 162 Å². The van der Waals surface area contributed by atoms with Crippen molar-refractivity contribution in [1.29, 1.82) is 0 Å². The van der Waals surface area contributed by atoms with Crippen molar-refractivity contribution in [2.24, 2.45) is 0 Å². The minimum absolute atomic E-state index is 0.0278. The van der Waals surface area contributed by atoms with E-state index in [1.165, 1.54) is 25.7 Å². The first-order valence-electron chi connectivity index (χ1n) is 23.9. The zero-order chi connectivity index (χ0) is 45.6. The molecule has 0 spiro atoms. The van der Waals surface area contributed by atoms with Gasteiger partial charge in [0.1, 0.15) is 6.61 Å². The molecule has 0 aromatic heterocycles. The number of quaternary nitrogens is 1. The monoisotopic (exact) mass is 863 g/mol. The molecule has 0 saturated carbocycles. The van der Waals surface area contributed by atoms with Crippen LogP contribution in [0.25, 0.3) is 0 Å². The number of allylic oxidation sites excluding steroid dienone is 18. The van der Waals surface area contributed by atoms with E-state index >= 15 is 0 Å². The number of esters is 2. The van der Waals surface area contributed by atoms with Crippen LogP contribution < -0.4 is 0 Å². The summed E-state index contributed by atoms with van der Waals surface area (Å²) in [5, 5.41) is 9.64. The van der Waals surface area contributed by atoms with Crippen LogP contribution in [0.15, 0.2) is 109 Å². The molecular formula is C54H88NO7+. The Morgan fingerprint density at radius 1 is 0.500 bits per heavy atom. The Morgan fingerprint density at radius 2 is 0.919 bits per heavy atom. The van der Waals surface area contributed by atoms with Crippen molar-refractivity contribution in [2.45, 2.75) is 174 Å². The van der Waals surface area contributed by atoms with E-state index in [2.05, 4.69) is 123 Å². The minimum Gasteiger partial charge on any atom is -0.477 e. The van der Waals surface area contributed by atoms with Crippen LogP contribution >= 0.6 is 0 Å². The molecule has 0 aromatic carbocycles. The molecule has 1 N–H and O–H groups in total. The average molecular weight is 863 g/mol. The summed E-state index contributed by atoms with van der Waals surface area (Å²) in [5.41, 5.74) is 0. The van der Waals surface area contributed by atoms with Gasteiger partial charge in [-0.2, -0.15) is 0 Å². The van der Waals surface area contributed by atoms with Crippen molar-refractivity contribution >= 4 is 17.9 Å². The number of likely N-dealkylation sites (N-methyl/N-ethyl adjacent to an activating group) is 1. The van der Waals surface area contributed by atoms with E-state index in [0.717, 1.165) is 96.3 Å². The highest BCUT2D eigenvalue weighted by Gasteiger charge is 2.31. The van der Waals surface area contributed by atoms with Gasteiger partial charge in [0, 0.05) is 19.3 Å². The summed E-state index contributed by atoms with van der Waals surface area (Å²) in [6.07, 6.45) is 60.0. The lowest BCUT2D eigenvalue weighted by molar-refractivity contribution is -0.887. The van der Waals surface area contributed by atoms with Crippen LogP contribution in [0, 0.1) is 0 Å². The normalized spacial score (nSPS) is 13.9. The van der Waals surface area contributed by atoms with Gasteiger partial charge in [0.05, 0.1) is 34.4 Å². The summed E-state index contributed by atoms with van der Waals surface area (Å²) >= 11 is 0. The molecule has 0 bridgehead atoms. The molecule has 0 radical (unpaired) electrons. The Bertz CT molecular complexity index is 1370. The summed E-state index contributed by atoms with van der Waals surface area (Å²) in [6, 6.07) is -0.634. The van der Waals surface area contributed by atoms with E-state index in [1.54, 1.807) is 0 Å². The van der Waals surface area contributed by atoms with Crippen molar-refractivity contribution in [3.05, 3.63) is 109 Å². The number of carbonyl (C=O) groups excluding carboxylic acids is 2. The summed E-state index contributed by atoms with van der Waals surface area (Å²) in [7, 11) is 5.49. The molecule has 0 heterocycles. The second-order valence-electron chi connectivity index (χ2n) is 16.6. The number of rotatable bonds is 41. The maximum atomic E-state index is 12.8. The Hall–Kier alpha value is -4.01. The van der Waals surface area contributed by atoms with Crippen LogP contribution in [0.2, 0.25) is 0 Å².